The van der Waals surface area contributed by atoms with Crippen LogP contribution in [0.3, 0.4) is 0 Å². The molecule has 2 aromatic heterocycles. The Kier molecular flexibility index (Phi) is 7.60. The molecule has 12 heteroatoms. The van der Waals surface area contributed by atoms with Crippen molar-refractivity contribution >= 4 is 28.3 Å². The molecule has 1 fully saturated rings. The van der Waals surface area contributed by atoms with Gasteiger partial charge < -0.3 is 19.1 Å². The highest BCUT2D eigenvalue weighted by molar-refractivity contribution is 5.92. The van der Waals surface area contributed by atoms with E-state index >= 15 is 0 Å². The highest BCUT2D eigenvalue weighted by Gasteiger charge is 2.25. The lowest BCUT2D eigenvalue weighted by atomic mass is 10.0. The van der Waals surface area contributed by atoms with E-state index in [-0.39, 0.29) is 41.2 Å². The van der Waals surface area contributed by atoms with Crippen molar-refractivity contribution < 1.29 is 28.2 Å². The maximum absolute atomic E-state index is 14.7. The van der Waals surface area contributed by atoms with E-state index in [1.54, 1.807) is 18.2 Å². The number of carbonyl (C=O) groups is 1. The number of imidazole rings is 1. The Morgan fingerprint density at radius 1 is 1.19 bits per heavy atom. The van der Waals surface area contributed by atoms with Crippen LogP contribution in [0.5, 0.6) is 6.01 Å². The molecule has 10 nitrogen and oxygen atoms in total. The second-order valence-corrected chi connectivity index (χ2v) is 10.2. The number of carboxylic acids is 1. The van der Waals surface area contributed by atoms with Gasteiger partial charge in [-0.2, -0.15) is 4.98 Å². The Hall–Kier alpha value is -4.73. The van der Waals surface area contributed by atoms with E-state index in [0.29, 0.717) is 44.8 Å². The van der Waals surface area contributed by atoms with Gasteiger partial charge >= 0.3 is 12.0 Å². The van der Waals surface area contributed by atoms with Gasteiger partial charge in [-0.25, -0.2) is 28.4 Å². The Morgan fingerprint density at radius 2 is 2.05 bits per heavy atom. The van der Waals surface area contributed by atoms with E-state index in [9.17, 15) is 18.7 Å². The molecule has 2 aromatic carbocycles. The third kappa shape index (κ3) is 5.70. The molecule has 0 unspecified atom stereocenters. The molecule has 4 heterocycles. The number of ether oxygens (including phenoxy) is 2. The largest absolute Gasteiger partial charge is 0.478 e. The molecule has 42 heavy (non-hydrogen) atoms. The monoisotopic (exact) mass is 572 g/mol. The predicted octanol–water partition coefficient (Wildman–Crippen LogP) is 5.01. The van der Waals surface area contributed by atoms with Crippen molar-refractivity contribution in [3.8, 4) is 6.01 Å². The lowest BCUT2D eigenvalue weighted by molar-refractivity contribution is -0.0591. The van der Waals surface area contributed by atoms with Crippen molar-refractivity contribution in [2.75, 3.05) is 19.7 Å². The Labute approximate surface area is 239 Å². The number of nitrogens with zero attached hydrogens (tertiary/aromatic N) is 6. The molecule has 1 atom stereocenters. The zero-order valence-electron chi connectivity index (χ0n) is 22.5. The summed E-state index contributed by atoms with van der Waals surface area (Å²) >= 11 is 0. The molecule has 1 saturated heterocycles. The highest BCUT2D eigenvalue weighted by atomic mass is 19.1. The van der Waals surface area contributed by atoms with Crippen LogP contribution in [-0.2, 0) is 24.4 Å². The van der Waals surface area contributed by atoms with Crippen LogP contribution in [0.15, 0.2) is 48.7 Å². The van der Waals surface area contributed by atoms with Crippen LogP contribution in [0.25, 0.3) is 21.5 Å². The van der Waals surface area contributed by atoms with Gasteiger partial charge in [0.05, 0.1) is 48.6 Å². The molecule has 0 radical (unpaired) electrons. The molecule has 0 aliphatic carbocycles. The lowest BCUT2D eigenvalue weighted by Gasteiger charge is -2.29. The summed E-state index contributed by atoms with van der Waals surface area (Å²) < 4.78 is 42.2. The summed E-state index contributed by atoms with van der Waals surface area (Å²) in [6.07, 6.45) is 4.47. The summed E-state index contributed by atoms with van der Waals surface area (Å²) in [6.45, 7) is 9.78. The maximum Gasteiger partial charge on any atom is 0.335 e. The van der Waals surface area contributed by atoms with Crippen LogP contribution in [0.4, 0.5) is 14.5 Å². The van der Waals surface area contributed by atoms with Crippen LogP contribution in [0.1, 0.15) is 40.3 Å². The average molecular weight is 573 g/mol. The minimum atomic E-state index is -0.993. The van der Waals surface area contributed by atoms with Gasteiger partial charge in [0.2, 0.25) is 0 Å². The molecule has 0 saturated carbocycles. The number of halogens is 2. The standard InChI is InChI=1S/C30H26F2N6O4/c1-33-21-4-2-20(23(31)13-21)17-42-30-34-14-24(32)28(36-30)18-6-9-37(10-7-18)16-27-35-25-5-3-19(29(39)40)12-26(25)38(27)15-22-8-11-41-22/h2-6,12-14,22H,7-11,15-17H2,(H,39,40)/t22-/m0/s1. The lowest BCUT2D eigenvalue weighted by Crippen LogP contribution is -2.33. The molecule has 4 aromatic rings. The summed E-state index contributed by atoms with van der Waals surface area (Å²) in [5.41, 5.74) is 2.95. The molecule has 6 rings (SSSR count). The molecule has 0 amide bonds. The van der Waals surface area contributed by atoms with Crippen molar-refractivity contribution in [2.24, 2.45) is 0 Å². The van der Waals surface area contributed by atoms with Gasteiger partial charge in [-0.1, -0.05) is 18.2 Å². The summed E-state index contributed by atoms with van der Waals surface area (Å²) in [5, 5.41) is 9.47. The van der Waals surface area contributed by atoms with Gasteiger partial charge in [-0.05, 0) is 42.7 Å². The normalized spacial score (nSPS) is 17.0. The third-order valence-corrected chi connectivity index (χ3v) is 7.46. The topological polar surface area (TPSA) is 107 Å². The quantitative estimate of drug-likeness (QED) is 0.279. The second-order valence-electron chi connectivity index (χ2n) is 10.2. The number of hydrogen-bond acceptors (Lipinski definition) is 7. The number of benzene rings is 2. The van der Waals surface area contributed by atoms with Gasteiger partial charge in [0.15, 0.2) is 11.5 Å². The van der Waals surface area contributed by atoms with Crippen LogP contribution < -0.4 is 4.74 Å². The molecule has 214 valence electrons. The van der Waals surface area contributed by atoms with E-state index < -0.39 is 17.6 Å². The van der Waals surface area contributed by atoms with Crippen molar-refractivity contribution in [2.45, 2.75) is 38.6 Å². The van der Waals surface area contributed by atoms with Gasteiger partial charge in [0.25, 0.3) is 0 Å². The first-order valence-electron chi connectivity index (χ1n) is 13.4. The van der Waals surface area contributed by atoms with Crippen LogP contribution in [0, 0.1) is 18.2 Å². The van der Waals surface area contributed by atoms with Crippen molar-refractivity contribution in [1.29, 1.82) is 0 Å². The Bertz CT molecular complexity index is 1740. The summed E-state index contributed by atoms with van der Waals surface area (Å²) in [6, 6.07) is 8.94. The van der Waals surface area contributed by atoms with Gasteiger partial charge in [0, 0.05) is 25.3 Å². The van der Waals surface area contributed by atoms with Crippen molar-refractivity contribution in [1.82, 2.24) is 24.4 Å². The predicted molar refractivity (Wildman–Crippen MR) is 148 cm³/mol. The fourth-order valence-electron chi connectivity index (χ4n) is 5.04. The van der Waals surface area contributed by atoms with Gasteiger partial charge in [0.1, 0.15) is 23.9 Å². The molecule has 2 aliphatic heterocycles. The van der Waals surface area contributed by atoms with Gasteiger partial charge in [-0.3, -0.25) is 4.90 Å². The second kappa shape index (κ2) is 11.6. The Morgan fingerprint density at radius 3 is 2.74 bits per heavy atom. The van der Waals surface area contributed by atoms with Crippen LogP contribution in [0.2, 0.25) is 0 Å². The summed E-state index contributed by atoms with van der Waals surface area (Å²) in [4.78, 5) is 29.9. The van der Waals surface area contributed by atoms with E-state index in [2.05, 4.69) is 19.7 Å². The number of aromatic carboxylic acids is 1. The van der Waals surface area contributed by atoms with E-state index in [0.717, 1.165) is 35.5 Å². The first kappa shape index (κ1) is 27.4. The van der Waals surface area contributed by atoms with Crippen LogP contribution >= 0.6 is 0 Å². The zero-order valence-corrected chi connectivity index (χ0v) is 22.5. The van der Waals surface area contributed by atoms with Crippen molar-refractivity contribution in [3.05, 3.63) is 94.4 Å². The molecule has 0 spiro atoms. The molecular formula is C30H26F2N6O4. The molecule has 1 N–H and O–H groups in total. The van der Waals surface area contributed by atoms with E-state index in [4.69, 9.17) is 21.0 Å². The van der Waals surface area contributed by atoms with Crippen molar-refractivity contribution in [3.63, 3.8) is 0 Å². The number of rotatable bonds is 9. The SMILES string of the molecule is [C-]#[N+]c1ccc(COc2ncc(F)c(C3=CCN(Cc4nc5ccc(C(=O)O)cc5n4C[C@@H]4CCO4)CC3)n2)c(F)c1. The van der Waals surface area contributed by atoms with E-state index in [1.807, 2.05) is 10.6 Å². The minimum Gasteiger partial charge on any atom is -0.478 e. The summed E-state index contributed by atoms with van der Waals surface area (Å²) in [5.74, 6) is -1.34. The van der Waals surface area contributed by atoms with Crippen LogP contribution in [-0.4, -0.2) is 61.3 Å². The fourth-order valence-corrected chi connectivity index (χ4v) is 5.04. The Balaban J connectivity index is 1.16. The number of fused-ring (bicyclic) bond motifs is 1. The molecular weight excluding hydrogens is 546 g/mol. The number of hydrogen-bond donors (Lipinski definition) is 1. The highest BCUT2D eigenvalue weighted by Crippen LogP contribution is 2.27. The molecule has 0 bridgehead atoms. The first-order valence-corrected chi connectivity index (χ1v) is 13.4. The zero-order chi connectivity index (χ0) is 29.2. The first-order chi connectivity index (χ1) is 20.4. The van der Waals surface area contributed by atoms with Gasteiger partial charge in [-0.15, -0.1) is 0 Å². The maximum atomic E-state index is 14.7. The fraction of sp³-hybridized carbons (Fsp3) is 0.300. The number of aromatic nitrogens is 4. The van der Waals surface area contributed by atoms with E-state index in [1.165, 1.54) is 12.1 Å². The average Bonchev–Trinajstić information content (AvgIpc) is 3.31. The smallest absolute Gasteiger partial charge is 0.335 e. The summed E-state index contributed by atoms with van der Waals surface area (Å²) in [7, 11) is 0. The molecule has 2 aliphatic rings. The third-order valence-electron chi connectivity index (χ3n) is 7.46. The number of carboxylic acid groups (broad SMARTS) is 1. The minimum absolute atomic E-state index is 0.0641.